The van der Waals surface area contributed by atoms with E-state index in [1.807, 2.05) is 17.0 Å². The average Bonchev–Trinajstić information content (AvgIpc) is 3.06. The normalized spacial score (nSPS) is 17.3. The average molecular weight is 366 g/mol. The van der Waals surface area contributed by atoms with Crippen LogP contribution >= 0.6 is 23.2 Å². The van der Waals surface area contributed by atoms with Crippen molar-refractivity contribution in [3.8, 4) is 0 Å². The number of hydrogen-bond donors (Lipinski definition) is 0. The Hall–Kier alpha value is -1.58. The molecule has 1 aliphatic heterocycles. The molecule has 0 N–H and O–H groups in total. The van der Waals surface area contributed by atoms with E-state index in [1.54, 1.807) is 18.2 Å². The lowest BCUT2D eigenvalue weighted by Gasteiger charge is -2.25. The molecule has 2 nitrogen and oxygen atoms in total. The second-order valence-electron chi connectivity index (χ2n) is 6.01. The summed E-state index contributed by atoms with van der Waals surface area (Å²) in [7, 11) is 0. The zero-order chi connectivity index (χ0) is 17.1. The fourth-order valence-corrected chi connectivity index (χ4v) is 3.64. The number of aryl methyl sites for hydroxylation is 1. The molecule has 3 rings (SSSR count). The summed E-state index contributed by atoms with van der Waals surface area (Å²) in [6.07, 6.45) is 2.82. The zero-order valence-electron chi connectivity index (χ0n) is 13.1. The number of amides is 1. The first kappa shape index (κ1) is 17.2. The maximum absolute atomic E-state index is 13.1. The van der Waals surface area contributed by atoms with Crippen LogP contribution in [-0.2, 0) is 11.2 Å². The molecule has 1 saturated heterocycles. The predicted octanol–water partition coefficient (Wildman–Crippen LogP) is 5.43. The Kier molecular flexibility index (Phi) is 5.42. The summed E-state index contributed by atoms with van der Waals surface area (Å²) in [6, 6.07) is 11.9. The maximum Gasteiger partial charge on any atom is 0.223 e. The largest absolute Gasteiger partial charge is 0.336 e. The minimum Gasteiger partial charge on any atom is -0.336 e. The molecule has 1 unspecified atom stereocenters. The summed E-state index contributed by atoms with van der Waals surface area (Å²) in [4.78, 5) is 14.5. The summed E-state index contributed by atoms with van der Waals surface area (Å²) in [5, 5.41) is 1.02. The lowest BCUT2D eigenvalue weighted by atomic mass is 10.0. The molecule has 0 spiro atoms. The minimum absolute atomic E-state index is 0.0351. The van der Waals surface area contributed by atoms with Gasteiger partial charge in [-0.2, -0.15) is 0 Å². The number of benzene rings is 2. The second kappa shape index (κ2) is 7.54. The molecule has 1 amide bonds. The van der Waals surface area contributed by atoms with Gasteiger partial charge in [0.25, 0.3) is 0 Å². The van der Waals surface area contributed by atoms with Crippen LogP contribution in [0.4, 0.5) is 4.39 Å². The summed E-state index contributed by atoms with van der Waals surface area (Å²) < 4.78 is 13.1. The topological polar surface area (TPSA) is 20.3 Å². The summed E-state index contributed by atoms with van der Waals surface area (Å²) in [5.41, 5.74) is 1.87. The molecule has 2 aromatic rings. The third-order valence-corrected chi connectivity index (χ3v) is 5.33. The van der Waals surface area contributed by atoms with E-state index in [4.69, 9.17) is 23.2 Å². The van der Waals surface area contributed by atoms with Crippen LogP contribution < -0.4 is 0 Å². The number of halogens is 3. The van der Waals surface area contributed by atoms with Gasteiger partial charge in [0.15, 0.2) is 0 Å². The molecule has 1 atom stereocenters. The fourth-order valence-electron chi connectivity index (χ4n) is 3.22. The van der Waals surface area contributed by atoms with Crippen LogP contribution in [0, 0.1) is 5.82 Å². The van der Waals surface area contributed by atoms with Gasteiger partial charge in [0.05, 0.1) is 16.1 Å². The number of nitrogens with zero attached hydrogens (tertiary/aromatic N) is 1. The highest BCUT2D eigenvalue weighted by Gasteiger charge is 2.29. The van der Waals surface area contributed by atoms with Gasteiger partial charge in [-0.15, -0.1) is 0 Å². The first-order chi connectivity index (χ1) is 11.6. The third kappa shape index (κ3) is 3.73. The first-order valence-corrected chi connectivity index (χ1v) is 8.79. The Balaban J connectivity index is 1.67. The number of carbonyl (C=O) groups excluding carboxylic acids is 1. The van der Waals surface area contributed by atoms with Crippen molar-refractivity contribution in [2.75, 3.05) is 6.54 Å². The summed E-state index contributed by atoms with van der Waals surface area (Å²) in [6.45, 7) is 0.740. The van der Waals surface area contributed by atoms with Gasteiger partial charge in [-0.3, -0.25) is 4.79 Å². The molecule has 5 heteroatoms. The lowest BCUT2D eigenvalue weighted by Crippen LogP contribution is -2.30. The molecule has 2 aromatic carbocycles. The highest BCUT2D eigenvalue weighted by atomic mass is 35.5. The third-order valence-electron chi connectivity index (χ3n) is 4.47. The van der Waals surface area contributed by atoms with Crippen LogP contribution in [0.2, 0.25) is 10.0 Å². The number of rotatable bonds is 4. The van der Waals surface area contributed by atoms with E-state index in [-0.39, 0.29) is 17.8 Å². The Labute approximate surface area is 151 Å². The van der Waals surface area contributed by atoms with Gasteiger partial charge in [-0.1, -0.05) is 47.5 Å². The van der Waals surface area contributed by atoms with Gasteiger partial charge in [-0.25, -0.2) is 4.39 Å². The van der Waals surface area contributed by atoms with E-state index in [2.05, 4.69) is 0 Å². The maximum atomic E-state index is 13.1. The number of hydrogen-bond acceptors (Lipinski definition) is 1. The van der Waals surface area contributed by atoms with Crippen molar-refractivity contribution >= 4 is 29.1 Å². The van der Waals surface area contributed by atoms with E-state index in [0.717, 1.165) is 30.5 Å². The number of carbonyl (C=O) groups is 1. The van der Waals surface area contributed by atoms with Crippen molar-refractivity contribution in [1.29, 1.82) is 0 Å². The molecular weight excluding hydrogens is 348 g/mol. The Bertz CT molecular complexity index is 733. The predicted molar refractivity (Wildman–Crippen MR) is 94.9 cm³/mol. The van der Waals surface area contributed by atoms with Gasteiger partial charge in [0, 0.05) is 13.0 Å². The molecule has 0 radical (unpaired) electrons. The minimum atomic E-state index is -0.259. The summed E-state index contributed by atoms with van der Waals surface area (Å²) in [5.74, 6) is -0.164. The zero-order valence-corrected chi connectivity index (χ0v) is 14.7. The molecule has 24 heavy (non-hydrogen) atoms. The molecule has 0 bridgehead atoms. The Morgan fingerprint density at radius 3 is 2.67 bits per heavy atom. The Morgan fingerprint density at radius 1 is 1.17 bits per heavy atom. The molecule has 0 aliphatic carbocycles. The van der Waals surface area contributed by atoms with Crippen LogP contribution in [0.1, 0.15) is 36.4 Å². The van der Waals surface area contributed by atoms with E-state index >= 15 is 0 Å². The van der Waals surface area contributed by atoms with Gasteiger partial charge in [0.1, 0.15) is 5.82 Å². The molecule has 126 valence electrons. The van der Waals surface area contributed by atoms with Crippen LogP contribution in [0.25, 0.3) is 0 Å². The molecule has 1 heterocycles. The molecule has 0 aromatic heterocycles. The molecule has 0 saturated carbocycles. The molecular formula is C19H18Cl2FNO. The van der Waals surface area contributed by atoms with Crippen molar-refractivity contribution in [2.45, 2.75) is 31.7 Å². The van der Waals surface area contributed by atoms with E-state index in [0.29, 0.717) is 22.9 Å². The monoisotopic (exact) mass is 365 g/mol. The highest BCUT2D eigenvalue weighted by Crippen LogP contribution is 2.33. The van der Waals surface area contributed by atoms with Gasteiger partial charge in [0.2, 0.25) is 5.91 Å². The van der Waals surface area contributed by atoms with Crippen molar-refractivity contribution < 1.29 is 9.18 Å². The van der Waals surface area contributed by atoms with Crippen LogP contribution in [0.15, 0.2) is 42.5 Å². The van der Waals surface area contributed by atoms with Crippen LogP contribution in [0.3, 0.4) is 0 Å². The highest BCUT2D eigenvalue weighted by molar-refractivity contribution is 6.42. The lowest BCUT2D eigenvalue weighted by molar-refractivity contribution is -0.132. The van der Waals surface area contributed by atoms with E-state index in [9.17, 15) is 9.18 Å². The van der Waals surface area contributed by atoms with Crippen molar-refractivity contribution in [3.63, 3.8) is 0 Å². The van der Waals surface area contributed by atoms with Gasteiger partial charge < -0.3 is 4.90 Å². The quantitative estimate of drug-likeness (QED) is 0.707. The first-order valence-electron chi connectivity index (χ1n) is 8.04. The van der Waals surface area contributed by atoms with Gasteiger partial charge >= 0.3 is 0 Å². The Morgan fingerprint density at radius 2 is 1.92 bits per heavy atom. The van der Waals surface area contributed by atoms with E-state index < -0.39 is 0 Å². The van der Waals surface area contributed by atoms with Crippen LogP contribution in [0.5, 0.6) is 0 Å². The SMILES string of the molecule is O=C(CCc1cccc(Cl)c1Cl)N1CCCC1c1ccc(F)cc1. The molecule has 1 fully saturated rings. The number of likely N-dealkylation sites (tertiary alicyclic amines) is 1. The van der Waals surface area contributed by atoms with Crippen LogP contribution in [-0.4, -0.2) is 17.4 Å². The second-order valence-corrected chi connectivity index (χ2v) is 6.79. The van der Waals surface area contributed by atoms with Crippen molar-refractivity contribution in [3.05, 3.63) is 69.5 Å². The van der Waals surface area contributed by atoms with Gasteiger partial charge in [-0.05, 0) is 48.6 Å². The van der Waals surface area contributed by atoms with E-state index in [1.165, 1.54) is 12.1 Å². The standard InChI is InChI=1S/C19H18Cl2FNO/c20-16-4-1-3-14(19(16)21)8-11-18(24)23-12-2-5-17(23)13-6-9-15(22)10-7-13/h1,3-4,6-7,9-10,17H,2,5,8,11-12H2. The van der Waals surface area contributed by atoms with Crippen molar-refractivity contribution in [2.24, 2.45) is 0 Å². The summed E-state index contributed by atoms with van der Waals surface area (Å²) >= 11 is 12.2. The van der Waals surface area contributed by atoms with Crippen molar-refractivity contribution in [1.82, 2.24) is 4.90 Å². The smallest absolute Gasteiger partial charge is 0.223 e. The molecule has 1 aliphatic rings. The fraction of sp³-hybridized carbons (Fsp3) is 0.316.